The molecule has 146 valence electrons. The number of nitrogens with one attached hydrogen (secondary N) is 1. The molecule has 2 heterocycles. The van der Waals surface area contributed by atoms with Crippen LogP contribution in [0, 0.1) is 11.2 Å². The van der Waals surface area contributed by atoms with Crippen LogP contribution in [0.1, 0.15) is 51.4 Å². The number of nitrogens with zero attached hydrogens (tertiary/aromatic N) is 2. The summed E-state index contributed by atoms with van der Waals surface area (Å²) in [6.45, 7) is 2.23. The number of piperidine rings is 2. The maximum atomic E-state index is 13.3. The molecule has 1 aromatic rings. The van der Waals surface area contributed by atoms with E-state index < -0.39 is 0 Å². The summed E-state index contributed by atoms with van der Waals surface area (Å²) in [7, 11) is 0. The first kappa shape index (κ1) is 18.3. The van der Waals surface area contributed by atoms with Gasteiger partial charge in [0.15, 0.2) is 0 Å². The normalized spacial score (nSPS) is 23.1. The monoisotopic (exact) mass is 373 g/mol. The Morgan fingerprint density at radius 1 is 1.15 bits per heavy atom. The fraction of sp³-hybridized carbons (Fsp3) is 0.619. The third-order valence-corrected chi connectivity index (χ3v) is 6.65. The molecule has 2 aliphatic heterocycles. The van der Waals surface area contributed by atoms with Crippen molar-refractivity contribution in [3.63, 3.8) is 0 Å². The van der Waals surface area contributed by atoms with E-state index in [-0.39, 0.29) is 17.3 Å². The number of hydrogen-bond donors (Lipinski definition) is 1. The highest BCUT2D eigenvalue weighted by Gasteiger charge is 2.43. The van der Waals surface area contributed by atoms with Crippen molar-refractivity contribution in [3.8, 4) is 0 Å². The molecule has 0 atom stereocenters. The average molecular weight is 373 g/mol. The Morgan fingerprint density at radius 2 is 1.89 bits per heavy atom. The fourth-order valence-electron chi connectivity index (χ4n) is 4.95. The summed E-state index contributed by atoms with van der Waals surface area (Å²) >= 11 is 0. The second kappa shape index (κ2) is 7.49. The molecule has 3 fully saturated rings. The summed E-state index contributed by atoms with van der Waals surface area (Å²) in [5.74, 6) is -0.0388. The first-order valence-electron chi connectivity index (χ1n) is 10.2. The van der Waals surface area contributed by atoms with Crippen LogP contribution in [0.5, 0.6) is 0 Å². The van der Waals surface area contributed by atoms with Crippen LogP contribution in [0.2, 0.25) is 0 Å². The number of hydrogen-bond acceptors (Lipinski definition) is 2. The zero-order valence-corrected chi connectivity index (χ0v) is 15.8. The van der Waals surface area contributed by atoms with Gasteiger partial charge in [-0.05, 0) is 55.7 Å². The predicted molar refractivity (Wildman–Crippen MR) is 102 cm³/mol. The number of benzene rings is 1. The number of urea groups is 1. The molecule has 27 heavy (non-hydrogen) atoms. The largest absolute Gasteiger partial charge is 0.339 e. The molecule has 2 saturated heterocycles. The predicted octanol–water partition coefficient (Wildman–Crippen LogP) is 4.00. The standard InChI is InChI=1S/C21H28FN3O2/c22-16-4-3-5-17(14-16)23-20(27)24-12-10-21(11-13-24)9-8-19(26)25(15-21)18-6-1-2-7-18/h3-5,14,18H,1-2,6-13,15H2,(H,23,27). The molecule has 5 nitrogen and oxygen atoms in total. The van der Waals surface area contributed by atoms with Gasteiger partial charge in [-0.3, -0.25) is 4.79 Å². The number of carbonyl (C=O) groups excluding carboxylic acids is 2. The van der Waals surface area contributed by atoms with Crippen molar-refractivity contribution in [1.29, 1.82) is 0 Å². The second-order valence-electron chi connectivity index (χ2n) is 8.39. The van der Waals surface area contributed by atoms with E-state index in [2.05, 4.69) is 10.2 Å². The van der Waals surface area contributed by atoms with Crippen molar-refractivity contribution in [3.05, 3.63) is 30.1 Å². The van der Waals surface area contributed by atoms with Gasteiger partial charge >= 0.3 is 6.03 Å². The van der Waals surface area contributed by atoms with Gasteiger partial charge in [0.1, 0.15) is 5.82 Å². The number of rotatable bonds is 2. The molecule has 0 radical (unpaired) electrons. The van der Waals surface area contributed by atoms with Crippen molar-refractivity contribution in [2.24, 2.45) is 5.41 Å². The molecule has 1 N–H and O–H groups in total. The lowest BCUT2D eigenvalue weighted by molar-refractivity contribution is -0.141. The van der Waals surface area contributed by atoms with E-state index >= 15 is 0 Å². The zero-order valence-electron chi connectivity index (χ0n) is 15.8. The number of carbonyl (C=O) groups is 2. The molecule has 1 aliphatic carbocycles. The van der Waals surface area contributed by atoms with Crippen LogP contribution in [0.15, 0.2) is 24.3 Å². The van der Waals surface area contributed by atoms with E-state index in [1.807, 2.05) is 4.90 Å². The van der Waals surface area contributed by atoms with Gasteiger partial charge in [-0.15, -0.1) is 0 Å². The Hall–Kier alpha value is -2.11. The average Bonchev–Trinajstić information content (AvgIpc) is 3.19. The van der Waals surface area contributed by atoms with Crippen LogP contribution in [0.25, 0.3) is 0 Å². The summed E-state index contributed by atoms with van der Waals surface area (Å²) in [5, 5.41) is 2.79. The number of likely N-dealkylation sites (tertiary alicyclic amines) is 2. The van der Waals surface area contributed by atoms with Gasteiger partial charge < -0.3 is 15.1 Å². The molecule has 6 heteroatoms. The summed E-state index contributed by atoms with van der Waals surface area (Å²) in [6.07, 6.45) is 8.19. The lowest BCUT2D eigenvalue weighted by Crippen LogP contribution is -2.54. The maximum absolute atomic E-state index is 13.3. The molecule has 0 aromatic heterocycles. The molecule has 3 aliphatic rings. The van der Waals surface area contributed by atoms with Gasteiger partial charge in [-0.2, -0.15) is 0 Å². The van der Waals surface area contributed by atoms with Gasteiger partial charge in [0, 0.05) is 37.8 Å². The third kappa shape index (κ3) is 3.94. The molecular weight excluding hydrogens is 345 g/mol. The Balaban J connectivity index is 1.35. The first-order chi connectivity index (χ1) is 13.0. The molecule has 0 bridgehead atoms. The minimum atomic E-state index is -0.357. The van der Waals surface area contributed by atoms with Crippen LogP contribution < -0.4 is 5.32 Å². The quantitative estimate of drug-likeness (QED) is 0.852. The smallest absolute Gasteiger partial charge is 0.321 e. The lowest BCUT2D eigenvalue weighted by atomic mass is 9.72. The van der Waals surface area contributed by atoms with Crippen molar-refractivity contribution < 1.29 is 14.0 Å². The Morgan fingerprint density at radius 3 is 2.59 bits per heavy atom. The maximum Gasteiger partial charge on any atom is 0.321 e. The van der Waals surface area contributed by atoms with Crippen LogP contribution in [-0.2, 0) is 4.79 Å². The SMILES string of the molecule is O=C(Nc1cccc(F)c1)N1CCC2(CCC(=O)N(C3CCCC3)C2)CC1. The topological polar surface area (TPSA) is 52.7 Å². The van der Waals surface area contributed by atoms with E-state index in [1.165, 1.54) is 25.0 Å². The van der Waals surface area contributed by atoms with Crippen molar-refractivity contribution in [2.45, 2.75) is 57.4 Å². The zero-order chi connectivity index (χ0) is 18.9. The van der Waals surface area contributed by atoms with Crippen LogP contribution in [0.3, 0.4) is 0 Å². The highest BCUT2D eigenvalue weighted by molar-refractivity contribution is 5.89. The summed E-state index contributed by atoms with van der Waals surface area (Å²) in [4.78, 5) is 28.9. The van der Waals surface area contributed by atoms with Gasteiger partial charge in [0.2, 0.25) is 5.91 Å². The minimum Gasteiger partial charge on any atom is -0.339 e. The van der Waals surface area contributed by atoms with Crippen LogP contribution >= 0.6 is 0 Å². The van der Waals surface area contributed by atoms with Crippen LogP contribution in [-0.4, -0.2) is 47.4 Å². The Kier molecular flexibility index (Phi) is 5.06. The van der Waals surface area contributed by atoms with E-state index in [9.17, 15) is 14.0 Å². The number of amides is 3. The minimum absolute atomic E-state index is 0.159. The summed E-state index contributed by atoms with van der Waals surface area (Å²) in [5.41, 5.74) is 0.641. The van der Waals surface area contributed by atoms with Crippen molar-refractivity contribution in [1.82, 2.24) is 9.80 Å². The Bertz CT molecular complexity index is 709. The highest BCUT2D eigenvalue weighted by Crippen LogP contribution is 2.42. The molecular formula is C21H28FN3O2. The molecule has 1 saturated carbocycles. The Labute approximate surface area is 159 Å². The van der Waals surface area contributed by atoms with E-state index in [1.54, 1.807) is 12.1 Å². The molecule has 4 rings (SSSR count). The lowest BCUT2D eigenvalue weighted by Gasteiger charge is -2.49. The molecule has 3 amide bonds. The summed E-state index contributed by atoms with van der Waals surface area (Å²) in [6, 6.07) is 6.24. The highest BCUT2D eigenvalue weighted by atomic mass is 19.1. The van der Waals surface area contributed by atoms with E-state index in [0.717, 1.165) is 38.6 Å². The van der Waals surface area contributed by atoms with E-state index in [4.69, 9.17) is 0 Å². The van der Waals surface area contributed by atoms with E-state index in [0.29, 0.717) is 37.1 Å². The molecule has 1 aromatic carbocycles. The molecule has 0 unspecified atom stereocenters. The van der Waals surface area contributed by atoms with Crippen molar-refractivity contribution >= 4 is 17.6 Å². The number of halogens is 1. The van der Waals surface area contributed by atoms with Gasteiger partial charge in [-0.1, -0.05) is 18.9 Å². The van der Waals surface area contributed by atoms with Gasteiger partial charge in [0.05, 0.1) is 0 Å². The van der Waals surface area contributed by atoms with Crippen molar-refractivity contribution in [2.75, 3.05) is 25.0 Å². The number of anilines is 1. The van der Waals surface area contributed by atoms with Crippen LogP contribution in [0.4, 0.5) is 14.9 Å². The van der Waals surface area contributed by atoms with Gasteiger partial charge in [-0.25, -0.2) is 9.18 Å². The second-order valence-corrected chi connectivity index (χ2v) is 8.39. The first-order valence-corrected chi connectivity index (χ1v) is 10.2. The summed E-state index contributed by atoms with van der Waals surface area (Å²) < 4.78 is 13.3. The molecule has 1 spiro atoms. The third-order valence-electron chi connectivity index (χ3n) is 6.65. The van der Waals surface area contributed by atoms with Gasteiger partial charge in [0.25, 0.3) is 0 Å². The fourth-order valence-corrected chi connectivity index (χ4v) is 4.95.